The summed E-state index contributed by atoms with van der Waals surface area (Å²) < 4.78 is 28.8. The van der Waals surface area contributed by atoms with Crippen LogP contribution in [-0.2, 0) is 16.8 Å². The molecule has 3 rings (SSSR count). The Bertz CT molecular complexity index is 832. The molecule has 1 aliphatic heterocycles. The summed E-state index contributed by atoms with van der Waals surface area (Å²) in [5.74, 6) is 0. The molecule has 0 bridgehead atoms. The summed E-state index contributed by atoms with van der Waals surface area (Å²) in [6.45, 7) is 1.33. The highest BCUT2D eigenvalue weighted by Crippen LogP contribution is 2.40. The second-order valence-electron chi connectivity index (χ2n) is 5.52. The van der Waals surface area contributed by atoms with E-state index in [1.54, 1.807) is 12.3 Å². The molecule has 1 aromatic carbocycles. The average Bonchev–Trinajstić information content (AvgIpc) is 2.80. The van der Waals surface area contributed by atoms with Crippen molar-refractivity contribution < 1.29 is 8.42 Å². The molecule has 0 fully saturated rings. The van der Waals surface area contributed by atoms with E-state index in [0.717, 1.165) is 5.56 Å². The van der Waals surface area contributed by atoms with E-state index in [-0.39, 0.29) is 6.54 Å². The number of benzene rings is 1. The van der Waals surface area contributed by atoms with Crippen LogP contribution in [-0.4, -0.2) is 49.8 Å². The number of nitrogens with one attached hydrogen (secondary N) is 2. The molecule has 2 N–H and O–H groups in total. The van der Waals surface area contributed by atoms with Gasteiger partial charge in [0, 0.05) is 31.2 Å². The van der Waals surface area contributed by atoms with Crippen LogP contribution < -0.4 is 4.72 Å². The van der Waals surface area contributed by atoms with Crippen LogP contribution in [0.4, 0.5) is 5.69 Å². The number of nitrogens with zero attached hydrogens (tertiary/aromatic N) is 2. The van der Waals surface area contributed by atoms with Crippen molar-refractivity contribution in [3.05, 3.63) is 27.9 Å². The molecule has 0 unspecified atom stereocenters. The molecule has 2 aromatic rings. The highest BCUT2D eigenvalue weighted by molar-refractivity contribution is 7.90. The summed E-state index contributed by atoms with van der Waals surface area (Å²) in [4.78, 5) is 4.93. The summed E-state index contributed by atoms with van der Waals surface area (Å²) in [7, 11) is 0.227. The van der Waals surface area contributed by atoms with Gasteiger partial charge < -0.3 is 9.88 Å². The molecule has 0 aliphatic carbocycles. The summed E-state index contributed by atoms with van der Waals surface area (Å²) in [6, 6.07) is 1.77. The zero-order valence-corrected chi connectivity index (χ0v) is 14.5. The molecule has 0 atom stereocenters. The maximum atomic E-state index is 12.4. The van der Waals surface area contributed by atoms with Crippen LogP contribution in [0.1, 0.15) is 5.56 Å². The first kappa shape index (κ1) is 15.9. The largest absolute Gasteiger partial charge is 0.358 e. The minimum absolute atomic E-state index is 0.283. The van der Waals surface area contributed by atoms with Crippen molar-refractivity contribution in [2.45, 2.75) is 6.54 Å². The highest BCUT2D eigenvalue weighted by atomic mass is 35.5. The maximum Gasteiger partial charge on any atom is 0.302 e. The third-order valence-electron chi connectivity index (χ3n) is 3.66. The predicted molar refractivity (Wildman–Crippen MR) is 89.8 cm³/mol. The zero-order valence-electron chi connectivity index (χ0n) is 12.2. The number of halogens is 2. The summed E-state index contributed by atoms with van der Waals surface area (Å²) in [6.07, 6.45) is 1.60. The van der Waals surface area contributed by atoms with Gasteiger partial charge in [0.25, 0.3) is 0 Å². The molecule has 9 heteroatoms. The van der Waals surface area contributed by atoms with Crippen molar-refractivity contribution in [1.29, 1.82) is 0 Å². The van der Waals surface area contributed by atoms with Crippen molar-refractivity contribution in [3.63, 3.8) is 0 Å². The Kier molecular flexibility index (Phi) is 4.03. The van der Waals surface area contributed by atoms with Gasteiger partial charge >= 0.3 is 10.2 Å². The number of fused-ring (bicyclic) bond motifs is 3. The lowest BCUT2D eigenvalue weighted by atomic mass is 10.1. The Labute approximate surface area is 139 Å². The molecular weight excluding hydrogens is 347 g/mol. The average molecular weight is 363 g/mol. The molecule has 120 valence electrons. The standard InChI is InChI=1S/C13H16Cl2N4O2S/c1-18(2)3-4-19-7-8-5-9(14)11-10(15)6-16-13(11)12(8)17-22(19,20)21/h5-6,16-17H,3-4,7H2,1-2H3. The molecule has 6 nitrogen and oxygen atoms in total. The van der Waals surface area contributed by atoms with Crippen LogP contribution >= 0.6 is 23.2 Å². The minimum Gasteiger partial charge on any atom is -0.358 e. The Hall–Kier alpha value is -0.990. The maximum absolute atomic E-state index is 12.4. The molecule has 22 heavy (non-hydrogen) atoms. The Morgan fingerprint density at radius 2 is 2.05 bits per heavy atom. The quantitative estimate of drug-likeness (QED) is 0.881. The van der Waals surface area contributed by atoms with Gasteiger partial charge in [0.2, 0.25) is 0 Å². The SMILES string of the molecule is CN(C)CCN1Cc2cc(Cl)c3c(Cl)c[nH]c3c2NS1(=O)=O. The van der Waals surface area contributed by atoms with Crippen LogP contribution in [0.2, 0.25) is 10.0 Å². The fourth-order valence-electron chi connectivity index (χ4n) is 2.51. The van der Waals surface area contributed by atoms with Crippen LogP contribution in [0.15, 0.2) is 12.3 Å². The van der Waals surface area contributed by atoms with E-state index in [2.05, 4.69) is 9.71 Å². The topological polar surface area (TPSA) is 68.4 Å². The van der Waals surface area contributed by atoms with Crippen molar-refractivity contribution in [2.24, 2.45) is 0 Å². The lowest BCUT2D eigenvalue weighted by Gasteiger charge is -2.30. The fraction of sp³-hybridized carbons (Fsp3) is 0.385. The molecule has 0 saturated heterocycles. The minimum atomic E-state index is -3.58. The normalized spacial score (nSPS) is 17.7. The van der Waals surface area contributed by atoms with Gasteiger partial charge in [-0.1, -0.05) is 23.2 Å². The smallest absolute Gasteiger partial charge is 0.302 e. The number of aromatic nitrogens is 1. The van der Waals surface area contributed by atoms with Crippen LogP contribution in [0.5, 0.6) is 0 Å². The molecule has 0 radical (unpaired) electrons. The van der Waals surface area contributed by atoms with Crippen molar-refractivity contribution in [3.8, 4) is 0 Å². The van der Waals surface area contributed by atoms with Gasteiger partial charge in [0.15, 0.2) is 0 Å². The number of anilines is 1. The number of likely N-dealkylation sites (N-methyl/N-ethyl adjacent to an activating group) is 1. The van der Waals surface area contributed by atoms with E-state index < -0.39 is 10.2 Å². The third-order valence-corrected chi connectivity index (χ3v) is 5.71. The van der Waals surface area contributed by atoms with Gasteiger partial charge in [-0.05, 0) is 25.7 Å². The van der Waals surface area contributed by atoms with Crippen molar-refractivity contribution >= 4 is 50.0 Å². The van der Waals surface area contributed by atoms with Gasteiger partial charge in [0.05, 0.1) is 21.2 Å². The molecule has 0 saturated carbocycles. The van der Waals surface area contributed by atoms with E-state index in [1.165, 1.54) is 4.31 Å². The Balaban J connectivity index is 2.06. The number of hydrogen-bond acceptors (Lipinski definition) is 3. The van der Waals surface area contributed by atoms with Crippen LogP contribution in [0.25, 0.3) is 10.9 Å². The van der Waals surface area contributed by atoms with Gasteiger partial charge in [-0.25, -0.2) is 0 Å². The number of rotatable bonds is 3. The first-order valence-corrected chi connectivity index (χ1v) is 8.90. The van der Waals surface area contributed by atoms with E-state index in [1.807, 2.05) is 19.0 Å². The number of H-pyrrole nitrogens is 1. The van der Waals surface area contributed by atoms with E-state index in [9.17, 15) is 8.42 Å². The third kappa shape index (κ3) is 2.68. The van der Waals surface area contributed by atoms with Crippen LogP contribution in [0, 0.1) is 0 Å². The lowest BCUT2D eigenvalue weighted by Crippen LogP contribution is -2.42. The van der Waals surface area contributed by atoms with E-state index in [0.29, 0.717) is 39.7 Å². The predicted octanol–water partition coefficient (Wildman–Crippen LogP) is 2.51. The molecule has 0 spiro atoms. The molecule has 0 amide bonds. The molecular formula is C13H16Cl2N4O2S. The first-order chi connectivity index (χ1) is 10.3. The number of aromatic amines is 1. The Morgan fingerprint density at radius 3 is 2.73 bits per heavy atom. The van der Waals surface area contributed by atoms with Gasteiger partial charge in [0.1, 0.15) is 0 Å². The second-order valence-corrected chi connectivity index (χ2v) is 8.01. The van der Waals surface area contributed by atoms with Crippen molar-refractivity contribution in [2.75, 3.05) is 31.9 Å². The van der Waals surface area contributed by atoms with Crippen LogP contribution in [0.3, 0.4) is 0 Å². The lowest BCUT2D eigenvalue weighted by molar-refractivity contribution is 0.329. The Morgan fingerprint density at radius 1 is 1.32 bits per heavy atom. The summed E-state index contributed by atoms with van der Waals surface area (Å²) in [5.41, 5.74) is 1.96. The first-order valence-electron chi connectivity index (χ1n) is 6.70. The van der Waals surface area contributed by atoms with Gasteiger partial charge in [-0.3, -0.25) is 4.72 Å². The fourth-order valence-corrected chi connectivity index (χ4v) is 4.39. The number of hydrogen-bond donors (Lipinski definition) is 2. The summed E-state index contributed by atoms with van der Waals surface area (Å²) in [5, 5.41) is 1.61. The van der Waals surface area contributed by atoms with E-state index in [4.69, 9.17) is 23.2 Å². The summed E-state index contributed by atoms with van der Waals surface area (Å²) >= 11 is 12.4. The second kappa shape index (κ2) is 5.58. The van der Waals surface area contributed by atoms with Gasteiger partial charge in [-0.15, -0.1) is 0 Å². The van der Waals surface area contributed by atoms with E-state index >= 15 is 0 Å². The molecule has 1 aliphatic rings. The monoisotopic (exact) mass is 362 g/mol. The zero-order chi connectivity index (χ0) is 16.1. The van der Waals surface area contributed by atoms with Gasteiger partial charge in [-0.2, -0.15) is 12.7 Å². The highest BCUT2D eigenvalue weighted by Gasteiger charge is 2.31. The van der Waals surface area contributed by atoms with Crippen molar-refractivity contribution in [1.82, 2.24) is 14.2 Å². The molecule has 2 heterocycles. The molecule has 1 aromatic heterocycles.